The van der Waals surface area contributed by atoms with Crippen molar-refractivity contribution in [1.29, 1.82) is 0 Å². The van der Waals surface area contributed by atoms with E-state index in [2.05, 4.69) is 0 Å². The average molecular weight is 308 g/mol. The molecule has 2 N–H and O–H groups in total. The third-order valence-electron chi connectivity index (χ3n) is 4.10. The second kappa shape index (κ2) is 7.15. The number of ether oxygens (including phenoxy) is 1. The number of nitrogens with zero attached hydrogens (tertiary/aromatic N) is 2. The summed E-state index contributed by atoms with van der Waals surface area (Å²) < 4.78 is 30.1. The van der Waals surface area contributed by atoms with Crippen LogP contribution in [0, 0.1) is 0 Å². The zero-order chi connectivity index (χ0) is 14.6. The van der Waals surface area contributed by atoms with Gasteiger partial charge < -0.3 is 14.9 Å². The van der Waals surface area contributed by atoms with Gasteiger partial charge in [-0.3, -0.25) is 9.80 Å². The molecule has 20 heavy (non-hydrogen) atoms. The smallest absolute Gasteiger partial charge is 0.157 e. The van der Waals surface area contributed by atoms with Crippen LogP contribution in [0.25, 0.3) is 0 Å². The van der Waals surface area contributed by atoms with E-state index in [0.717, 1.165) is 0 Å². The van der Waals surface area contributed by atoms with Crippen LogP contribution in [0.15, 0.2) is 0 Å². The lowest BCUT2D eigenvalue weighted by Gasteiger charge is -2.43. The van der Waals surface area contributed by atoms with Crippen molar-refractivity contribution in [3.8, 4) is 0 Å². The number of sulfone groups is 1. The zero-order valence-corrected chi connectivity index (χ0v) is 12.5. The Labute approximate surface area is 120 Å². The van der Waals surface area contributed by atoms with Crippen molar-refractivity contribution in [2.24, 2.45) is 0 Å². The van der Waals surface area contributed by atoms with E-state index in [9.17, 15) is 8.42 Å². The molecule has 0 saturated carbocycles. The molecule has 0 aromatic heterocycles. The molecule has 0 aliphatic carbocycles. The van der Waals surface area contributed by atoms with Gasteiger partial charge in [-0.25, -0.2) is 8.42 Å². The SMILES string of the molecule is O=S1(=O)CCN(CCO)CC1C1COCCN1CCO. The van der Waals surface area contributed by atoms with Gasteiger partial charge in [0.15, 0.2) is 9.84 Å². The average Bonchev–Trinajstić information content (AvgIpc) is 2.42. The van der Waals surface area contributed by atoms with Gasteiger partial charge in [0.05, 0.1) is 43.5 Å². The Morgan fingerprint density at radius 2 is 1.90 bits per heavy atom. The Kier molecular flexibility index (Phi) is 5.76. The fourth-order valence-corrected chi connectivity index (χ4v) is 4.96. The van der Waals surface area contributed by atoms with E-state index in [4.69, 9.17) is 14.9 Å². The summed E-state index contributed by atoms with van der Waals surface area (Å²) in [6.07, 6.45) is 0. The first-order valence-electron chi connectivity index (χ1n) is 7.06. The third kappa shape index (κ3) is 3.69. The molecule has 7 nitrogen and oxygen atoms in total. The molecule has 0 bridgehead atoms. The molecule has 0 aromatic rings. The molecular formula is C12H24N2O5S. The quantitative estimate of drug-likeness (QED) is 0.594. The highest BCUT2D eigenvalue weighted by atomic mass is 32.2. The van der Waals surface area contributed by atoms with E-state index in [1.54, 1.807) is 0 Å². The molecule has 0 amide bonds. The van der Waals surface area contributed by atoms with E-state index in [1.807, 2.05) is 9.80 Å². The van der Waals surface area contributed by atoms with Crippen LogP contribution in [0.2, 0.25) is 0 Å². The van der Waals surface area contributed by atoms with Crippen molar-refractivity contribution in [3.63, 3.8) is 0 Å². The monoisotopic (exact) mass is 308 g/mol. The Balaban J connectivity index is 2.12. The van der Waals surface area contributed by atoms with Crippen molar-refractivity contribution >= 4 is 9.84 Å². The fraction of sp³-hybridized carbons (Fsp3) is 1.00. The fourth-order valence-electron chi connectivity index (χ4n) is 2.98. The molecular weight excluding hydrogens is 284 g/mol. The second-order valence-corrected chi connectivity index (χ2v) is 7.67. The normalized spacial score (nSPS) is 32.3. The van der Waals surface area contributed by atoms with Crippen LogP contribution in [0.4, 0.5) is 0 Å². The first-order valence-corrected chi connectivity index (χ1v) is 8.77. The maximum Gasteiger partial charge on any atom is 0.157 e. The van der Waals surface area contributed by atoms with Gasteiger partial charge in [-0.2, -0.15) is 0 Å². The molecule has 2 heterocycles. The van der Waals surface area contributed by atoms with E-state index < -0.39 is 15.1 Å². The molecule has 2 aliphatic heterocycles. The molecule has 0 radical (unpaired) electrons. The first-order chi connectivity index (χ1) is 9.58. The van der Waals surface area contributed by atoms with E-state index in [0.29, 0.717) is 45.9 Å². The highest BCUT2D eigenvalue weighted by molar-refractivity contribution is 7.92. The molecule has 8 heteroatoms. The number of hydrogen-bond acceptors (Lipinski definition) is 7. The maximum atomic E-state index is 12.3. The molecule has 2 fully saturated rings. The summed E-state index contributed by atoms with van der Waals surface area (Å²) in [5.74, 6) is 0.126. The van der Waals surface area contributed by atoms with Gasteiger partial charge in [-0.15, -0.1) is 0 Å². The van der Waals surface area contributed by atoms with Crippen molar-refractivity contribution < 1.29 is 23.4 Å². The van der Waals surface area contributed by atoms with E-state index >= 15 is 0 Å². The van der Waals surface area contributed by atoms with Crippen molar-refractivity contribution in [3.05, 3.63) is 0 Å². The summed E-state index contributed by atoms with van der Waals surface area (Å²) in [4.78, 5) is 3.99. The molecule has 0 aromatic carbocycles. The van der Waals surface area contributed by atoms with Crippen LogP contribution >= 0.6 is 0 Å². The van der Waals surface area contributed by atoms with Gasteiger partial charge in [0.2, 0.25) is 0 Å². The van der Waals surface area contributed by atoms with Gasteiger partial charge in [0.1, 0.15) is 0 Å². The molecule has 2 unspecified atom stereocenters. The number of hydrogen-bond donors (Lipinski definition) is 2. The number of aliphatic hydroxyl groups excluding tert-OH is 2. The van der Waals surface area contributed by atoms with Crippen molar-refractivity contribution in [2.75, 3.05) is 64.9 Å². The lowest BCUT2D eigenvalue weighted by atomic mass is 10.1. The summed E-state index contributed by atoms with van der Waals surface area (Å²) >= 11 is 0. The van der Waals surface area contributed by atoms with Gasteiger partial charge >= 0.3 is 0 Å². The second-order valence-electron chi connectivity index (χ2n) is 5.33. The van der Waals surface area contributed by atoms with E-state index in [1.165, 1.54) is 0 Å². The Morgan fingerprint density at radius 3 is 2.60 bits per heavy atom. The Morgan fingerprint density at radius 1 is 1.15 bits per heavy atom. The third-order valence-corrected chi connectivity index (χ3v) is 6.24. The standard InChI is InChI=1S/C12H24N2O5S/c15-5-1-13-4-8-20(17,18)12(9-13)11-10-19-7-3-14(11)2-6-16/h11-12,15-16H,1-10H2. The van der Waals surface area contributed by atoms with Crippen molar-refractivity contribution in [2.45, 2.75) is 11.3 Å². The van der Waals surface area contributed by atoms with Crippen LogP contribution in [0.5, 0.6) is 0 Å². The Bertz CT molecular complexity index is 401. The van der Waals surface area contributed by atoms with Crippen LogP contribution in [0.3, 0.4) is 0 Å². The first kappa shape index (κ1) is 16.1. The van der Waals surface area contributed by atoms with Gasteiger partial charge in [0.25, 0.3) is 0 Å². The summed E-state index contributed by atoms with van der Waals surface area (Å²) in [5.41, 5.74) is 0. The van der Waals surface area contributed by atoms with Gasteiger partial charge in [0, 0.05) is 32.7 Å². The Hall–Kier alpha value is -0.250. The number of rotatable bonds is 5. The zero-order valence-electron chi connectivity index (χ0n) is 11.6. The van der Waals surface area contributed by atoms with Gasteiger partial charge in [-0.1, -0.05) is 0 Å². The molecule has 2 aliphatic rings. The van der Waals surface area contributed by atoms with Crippen LogP contribution in [-0.2, 0) is 14.6 Å². The summed E-state index contributed by atoms with van der Waals surface area (Å²) in [6, 6.07) is -0.206. The molecule has 2 rings (SSSR count). The van der Waals surface area contributed by atoms with E-state index in [-0.39, 0.29) is 25.0 Å². The summed E-state index contributed by atoms with van der Waals surface area (Å²) in [6.45, 7) is 3.54. The molecule has 118 valence electrons. The maximum absolute atomic E-state index is 12.3. The number of β-amino-alcohol motifs (C(OH)–C–C–N with tert-alkyl or cyclic N) is 2. The minimum absolute atomic E-state index is 0.0175. The van der Waals surface area contributed by atoms with Crippen LogP contribution in [0.1, 0.15) is 0 Å². The highest BCUT2D eigenvalue weighted by Gasteiger charge is 2.41. The molecule has 2 atom stereocenters. The van der Waals surface area contributed by atoms with Gasteiger partial charge in [-0.05, 0) is 0 Å². The minimum atomic E-state index is -3.15. The lowest BCUT2D eigenvalue weighted by Crippen LogP contribution is -2.61. The highest BCUT2D eigenvalue weighted by Crippen LogP contribution is 2.22. The number of aliphatic hydroxyl groups is 2. The summed E-state index contributed by atoms with van der Waals surface area (Å²) in [5, 5.41) is 17.6. The predicted molar refractivity (Wildman–Crippen MR) is 74.4 cm³/mol. The molecule has 2 saturated heterocycles. The predicted octanol–water partition coefficient (Wildman–Crippen LogP) is -2.23. The van der Waals surface area contributed by atoms with Crippen LogP contribution < -0.4 is 0 Å². The summed E-state index contributed by atoms with van der Waals surface area (Å²) in [7, 11) is -3.15. The van der Waals surface area contributed by atoms with Crippen molar-refractivity contribution in [1.82, 2.24) is 9.80 Å². The van der Waals surface area contributed by atoms with Crippen LogP contribution in [-0.4, -0.2) is 105 Å². The minimum Gasteiger partial charge on any atom is -0.395 e. The topological polar surface area (TPSA) is 90.3 Å². The largest absolute Gasteiger partial charge is 0.395 e. The lowest BCUT2D eigenvalue weighted by molar-refractivity contribution is -0.0187. The number of morpholine rings is 1. The molecule has 0 spiro atoms.